The van der Waals surface area contributed by atoms with Gasteiger partial charge in [0.1, 0.15) is 6.04 Å². The number of hydrogen-bond donors (Lipinski definition) is 1. The van der Waals surface area contributed by atoms with Gasteiger partial charge in [0.25, 0.3) is 5.91 Å². The van der Waals surface area contributed by atoms with Crippen molar-refractivity contribution in [2.45, 2.75) is 45.4 Å². The van der Waals surface area contributed by atoms with E-state index in [1.165, 1.54) is 30.0 Å². The highest BCUT2D eigenvalue weighted by molar-refractivity contribution is 5.93. The number of carbonyl (C=O) groups is 3. The minimum Gasteiger partial charge on any atom is -0.474 e. The molecule has 0 spiro atoms. The maximum absolute atomic E-state index is 12.8. The highest BCUT2D eigenvalue weighted by Gasteiger charge is 2.38. The van der Waals surface area contributed by atoms with E-state index >= 15 is 0 Å². The Morgan fingerprint density at radius 3 is 2.64 bits per heavy atom. The second-order valence-corrected chi connectivity index (χ2v) is 6.57. The molecule has 0 aromatic heterocycles. The predicted octanol–water partition coefficient (Wildman–Crippen LogP) is 1.03. The second kappa shape index (κ2) is 9.16. The molecule has 0 saturated carbocycles. The first-order chi connectivity index (χ1) is 13.2. The number of esters is 1. The molecule has 1 aliphatic rings. The summed E-state index contributed by atoms with van der Waals surface area (Å²) < 4.78 is 10.6. The number of amides is 2. The smallest absolute Gasteiger partial charge is 0.310 e. The fourth-order valence-electron chi connectivity index (χ4n) is 2.83. The summed E-state index contributed by atoms with van der Waals surface area (Å²) in [4.78, 5) is 48.8. The van der Waals surface area contributed by atoms with Gasteiger partial charge in [0, 0.05) is 19.2 Å². The Morgan fingerprint density at radius 2 is 2.00 bits per heavy atom. The van der Waals surface area contributed by atoms with Crippen molar-refractivity contribution in [3.8, 4) is 5.75 Å². The van der Waals surface area contributed by atoms with Crippen LogP contribution in [-0.4, -0.2) is 58.9 Å². The summed E-state index contributed by atoms with van der Waals surface area (Å²) in [5.41, 5.74) is -0.268. The van der Waals surface area contributed by atoms with Crippen LogP contribution < -0.4 is 10.1 Å². The molecule has 0 bridgehead atoms. The maximum atomic E-state index is 12.8. The summed E-state index contributed by atoms with van der Waals surface area (Å²) in [6.07, 6.45) is -1.71. The third-order valence-electron chi connectivity index (χ3n) is 4.05. The molecule has 1 fully saturated rings. The minimum absolute atomic E-state index is 0.0504. The zero-order valence-electron chi connectivity index (χ0n) is 15.9. The molecule has 28 heavy (non-hydrogen) atoms. The Balaban J connectivity index is 2.14. The van der Waals surface area contributed by atoms with Gasteiger partial charge in [-0.2, -0.15) is 0 Å². The van der Waals surface area contributed by atoms with E-state index in [-0.39, 0.29) is 37.1 Å². The van der Waals surface area contributed by atoms with Gasteiger partial charge in [0.05, 0.1) is 17.4 Å². The third-order valence-corrected chi connectivity index (χ3v) is 4.05. The average Bonchev–Trinajstić information content (AvgIpc) is 2.62. The van der Waals surface area contributed by atoms with Crippen molar-refractivity contribution in [1.82, 2.24) is 10.2 Å². The van der Waals surface area contributed by atoms with Crippen LogP contribution in [0, 0.1) is 10.1 Å². The molecule has 0 unspecified atom stereocenters. The fraction of sp³-hybridized carbons (Fsp3) is 0.500. The number of nitrogens with zero attached hydrogens (tertiary/aromatic N) is 2. The third kappa shape index (κ3) is 5.18. The highest BCUT2D eigenvalue weighted by Crippen LogP contribution is 2.27. The fourth-order valence-corrected chi connectivity index (χ4v) is 2.83. The highest BCUT2D eigenvalue weighted by atomic mass is 16.6. The Morgan fingerprint density at radius 1 is 1.32 bits per heavy atom. The molecule has 1 N–H and O–H groups in total. The van der Waals surface area contributed by atoms with Crippen molar-refractivity contribution in [3.63, 3.8) is 0 Å². The topological polar surface area (TPSA) is 128 Å². The number of nitro groups is 1. The van der Waals surface area contributed by atoms with Gasteiger partial charge >= 0.3 is 11.7 Å². The number of carbonyl (C=O) groups excluding carboxylic acids is 3. The Kier molecular flexibility index (Phi) is 6.91. The number of hydrogen-bond acceptors (Lipinski definition) is 7. The van der Waals surface area contributed by atoms with Crippen LogP contribution >= 0.6 is 0 Å². The number of piperazine rings is 1. The van der Waals surface area contributed by atoms with Crippen LogP contribution in [0.3, 0.4) is 0 Å². The standard InChI is InChI=1S/C18H23N3O7/c1-11(2)27-16(22)10-14-17(23)19-8-9-20(14)18(24)12(3)28-15-7-5-4-6-13(15)21(25)26/h4-7,11-12,14H,8-10H2,1-3H3,(H,19,23)/t12-,14+/m1/s1. The van der Waals surface area contributed by atoms with Gasteiger partial charge in [-0.25, -0.2) is 0 Å². The lowest BCUT2D eigenvalue weighted by atomic mass is 10.1. The molecule has 1 aromatic carbocycles. The summed E-state index contributed by atoms with van der Waals surface area (Å²) >= 11 is 0. The molecule has 2 amide bonds. The molecule has 152 valence electrons. The second-order valence-electron chi connectivity index (χ2n) is 6.57. The molecule has 2 rings (SSSR count). The van der Waals surface area contributed by atoms with Crippen molar-refractivity contribution in [3.05, 3.63) is 34.4 Å². The predicted molar refractivity (Wildman–Crippen MR) is 97.5 cm³/mol. The van der Waals surface area contributed by atoms with Gasteiger partial charge in [-0.1, -0.05) is 12.1 Å². The summed E-state index contributed by atoms with van der Waals surface area (Å²) in [6.45, 7) is 5.23. The van der Waals surface area contributed by atoms with E-state index in [9.17, 15) is 24.5 Å². The summed E-state index contributed by atoms with van der Waals surface area (Å²) in [5, 5.41) is 13.7. The van der Waals surface area contributed by atoms with Crippen LogP contribution in [0.1, 0.15) is 27.2 Å². The zero-order valence-corrected chi connectivity index (χ0v) is 15.9. The lowest BCUT2D eigenvalue weighted by molar-refractivity contribution is -0.386. The zero-order chi connectivity index (χ0) is 20.8. The number of ether oxygens (including phenoxy) is 2. The van der Waals surface area contributed by atoms with E-state index < -0.39 is 34.9 Å². The van der Waals surface area contributed by atoms with Crippen LogP contribution in [0.15, 0.2) is 24.3 Å². The Bertz CT molecular complexity index is 765. The number of rotatable bonds is 7. The largest absolute Gasteiger partial charge is 0.474 e. The summed E-state index contributed by atoms with van der Waals surface area (Å²) in [6, 6.07) is 4.68. The summed E-state index contributed by atoms with van der Waals surface area (Å²) in [5.74, 6) is -1.65. The minimum atomic E-state index is -1.09. The quantitative estimate of drug-likeness (QED) is 0.416. The first-order valence-electron chi connectivity index (χ1n) is 8.88. The van der Waals surface area contributed by atoms with Crippen LogP contribution in [0.25, 0.3) is 0 Å². The van der Waals surface area contributed by atoms with Gasteiger partial charge in [-0.3, -0.25) is 24.5 Å². The van der Waals surface area contributed by atoms with Crippen molar-refractivity contribution in [1.29, 1.82) is 0 Å². The van der Waals surface area contributed by atoms with Crippen LogP contribution in [0.4, 0.5) is 5.69 Å². The van der Waals surface area contributed by atoms with Gasteiger partial charge in [0.2, 0.25) is 5.91 Å². The maximum Gasteiger partial charge on any atom is 0.310 e. The van der Waals surface area contributed by atoms with Crippen molar-refractivity contribution >= 4 is 23.5 Å². The normalized spacial score (nSPS) is 17.6. The molecule has 1 saturated heterocycles. The van der Waals surface area contributed by atoms with Crippen molar-refractivity contribution in [2.24, 2.45) is 0 Å². The monoisotopic (exact) mass is 393 g/mol. The Hall–Kier alpha value is -3.17. The van der Waals surface area contributed by atoms with Gasteiger partial charge in [-0.15, -0.1) is 0 Å². The first kappa shape index (κ1) is 21.1. The van der Waals surface area contributed by atoms with Crippen molar-refractivity contribution in [2.75, 3.05) is 13.1 Å². The molecule has 1 aliphatic heterocycles. The van der Waals surface area contributed by atoms with E-state index in [4.69, 9.17) is 9.47 Å². The lowest BCUT2D eigenvalue weighted by Gasteiger charge is -2.36. The molecule has 1 aromatic rings. The van der Waals surface area contributed by atoms with E-state index in [2.05, 4.69) is 5.32 Å². The molecule has 0 aliphatic carbocycles. The first-order valence-corrected chi connectivity index (χ1v) is 8.88. The average molecular weight is 393 g/mol. The number of nitrogens with one attached hydrogen (secondary N) is 1. The molecule has 10 nitrogen and oxygen atoms in total. The van der Waals surface area contributed by atoms with Crippen LogP contribution in [-0.2, 0) is 19.1 Å². The molecule has 0 radical (unpaired) electrons. The van der Waals surface area contributed by atoms with Gasteiger partial charge < -0.3 is 19.7 Å². The number of benzene rings is 1. The van der Waals surface area contributed by atoms with E-state index in [0.29, 0.717) is 0 Å². The Labute approximate surface area is 161 Å². The molecular formula is C18H23N3O7. The number of nitro benzene ring substituents is 1. The van der Waals surface area contributed by atoms with E-state index in [0.717, 1.165) is 0 Å². The van der Waals surface area contributed by atoms with Crippen LogP contribution in [0.2, 0.25) is 0 Å². The van der Waals surface area contributed by atoms with E-state index in [1.54, 1.807) is 19.9 Å². The van der Waals surface area contributed by atoms with E-state index in [1.807, 2.05) is 0 Å². The molecule has 2 atom stereocenters. The lowest BCUT2D eigenvalue weighted by Crippen LogP contribution is -2.60. The molecule has 1 heterocycles. The molecule has 10 heteroatoms. The van der Waals surface area contributed by atoms with Crippen molar-refractivity contribution < 1.29 is 28.8 Å². The number of para-hydroxylation sites is 2. The van der Waals surface area contributed by atoms with Gasteiger partial charge in [0.15, 0.2) is 11.9 Å². The van der Waals surface area contributed by atoms with Crippen LogP contribution in [0.5, 0.6) is 5.75 Å². The van der Waals surface area contributed by atoms with Gasteiger partial charge in [-0.05, 0) is 26.8 Å². The molecular weight excluding hydrogens is 370 g/mol. The SMILES string of the molecule is CC(C)OC(=O)C[C@H]1C(=O)NCCN1C(=O)[C@@H](C)Oc1ccccc1[N+](=O)[O-]. The summed E-state index contributed by atoms with van der Waals surface area (Å²) in [7, 11) is 0.